The van der Waals surface area contributed by atoms with Gasteiger partial charge in [-0.05, 0) is 37.5 Å². The zero-order valence-electron chi connectivity index (χ0n) is 11.1. The molecule has 0 heterocycles. The van der Waals surface area contributed by atoms with E-state index in [1.165, 1.54) is 19.3 Å². The summed E-state index contributed by atoms with van der Waals surface area (Å²) in [6.07, 6.45) is 6.11. The fourth-order valence-electron chi connectivity index (χ4n) is 2.56. The Morgan fingerprint density at radius 1 is 1.28 bits per heavy atom. The van der Waals surface area contributed by atoms with Crippen LogP contribution in [0.2, 0.25) is 0 Å². The van der Waals surface area contributed by atoms with Gasteiger partial charge in [-0.25, -0.2) is 0 Å². The Morgan fingerprint density at radius 3 is 2.56 bits per heavy atom. The summed E-state index contributed by atoms with van der Waals surface area (Å²) in [6.45, 7) is 2.03. The Labute approximate surface area is 117 Å². The summed E-state index contributed by atoms with van der Waals surface area (Å²) in [5.41, 5.74) is 1.94. The fourth-order valence-corrected chi connectivity index (χ4v) is 2.94. The van der Waals surface area contributed by atoms with Crippen molar-refractivity contribution in [3.8, 4) is 0 Å². The number of aryl methyl sites for hydroxylation is 1. The van der Waals surface area contributed by atoms with Gasteiger partial charge < -0.3 is 4.90 Å². The van der Waals surface area contributed by atoms with Crippen LogP contribution in [0.3, 0.4) is 0 Å². The van der Waals surface area contributed by atoms with E-state index in [0.29, 0.717) is 6.04 Å². The smallest absolute Gasteiger partial charge is 0.253 e. The third-order valence-corrected chi connectivity index (χ3v) is 4.72. The van der Waals surface area contributed by atoms with E-state index in [2.05, 4.69) is 15.9 Å². The Balaban J connectivity index is 2.11. The highest BCUT2D eigenvalue weighted by Crippen LogP contribution is 2.24. The van der Waals surface area contributed by atoms with Crippen LogP contribution in [0.1, 0.15) is 48.0 Å². The lowest BCUT2D eigenvalue weighted by molar-refractivity contribution is 0.0696. The number of nitrogens with zero attached hydrogens (tertiary/aromatic N) is 1. The molecule has 0 aliphatic heterocycles. The Kier molecular flexibility index (Phi) is 4.44. The van der Waals surface area contributed by atoms with Crippen LogP contribution in [-0.2, 0) is 0 Å². The van der Waals surface area contributed by atoms with Crippen LogP contribution in [0, 0.1) is 6.92 Å². The third-order valence-electron chi connectivity index (χ3n) is 3.86. The van der Waals surface area contributed by atoms with E-state index in [1.807, 2.05) is 37.1 Å². The largest absolute Gasteiger partial charge is 0.339 e. The van der Waals surface area contributed by atoms with Crippen molar-refractivity contribution >= 4 is 21.8 Å². The average Bonchev–Trinajstić information content (AvgIpc) is 2.41. The minimum Gasteiger partial charge on any atom is -0.339 e. The summed E-state index contributed by atoms with van der Waals surface area (Å²) in [6, 6.07) is 6.26. The number of hydrogen-bond acceptors (Lipinski definition) is 1. The molecule has 0 saturated heterocycles. The molecule has 0 unspecified atom stereocenters. The molecule has 2 rings (SSSR count). The summed E-state index contributed by atoms with van der Waals surface area (Å²) >= 11 is 3.49. The lowest BCUT2D eigenvalue weighted by atomic mass is 9.94. The summed E-state index contributed by atoms with van der Waals surface area (Å²) < 4.78 is 1.00. The molecule has 0 aromatic heterocycles. The van der Waals surface area contributed by atoms with Crippen LogP contribution >= 0.6 is 15.9 Å². The van der Waals surface area contributed by atoms with Gasteiger partial charge in [0, 0.05) is 23.1 Å². The molecule has 1 aromatic carbocycles. The van der Waals surface area contributed by atoms with E-state index in [4.69, 9.17) is 0 Å². The molecule has 0 radical (unpaired) electrons. The molecule has 1 saturated carbocycles. The number of hydrogen-bond donors (Lipinski definition) is 0. The molecule has 1 aromatic rings. The maximum atomic E-state index is 12.4. The monoisotopic (exact) mass is 309 g/mol. The number of rotatable bonds is 2. The molecular weight excluding hydrogens is 290 g/mol. The van der Waals surface area contributed by atoms with Crippen molar-refractivity contribution in [2.45, 2.75) is 45.1 Å². The lowest BCUT2D eigenvalue weighted by Crippen LogP contribution is -2.38. The maximum absolute atomic E-state index is 12.4. The van der Waals surface area contributed by atoms with Crippen LogP contribution < -0.4 is 0 Å². The lowest BCUT2D eigenvalue weighted by Gasteiger charge is -2.31. The van der Waals surface area contributed by atoms with Crippen molar-refractivity contribution in [1.29, 1.82) is 0 Å². The topological polar surface area (TPSA) is 20.3 Å². The number of amides is 1. The summed E-state index contributed by atoms with van der Waals surface area (Å²) in [5, 5.41) is 0. The summed E-state index contributed by atoms with van der Waals surface area (Å²) in [4.78, 5) is 14.3. The second-order valence-corrected chi connectivity index (χ2v) is 6.03. The van der Waals surface area contributed by atoms with Crippen LogP contribution in [0.15, 0.2) is 22.7 Å². The molecular formula is C15H20BrNO. The highest BCUT2D eigenvalue weighted by molar-refractivity contribution is 9.10. The molecule has 1 fully saturated rings. The number of benzene rings is 1. The highest BCUT2D eigenvalue weighted by Gasteiger charge is 2.23. The molecule has 0 spiro atoms. The predicted molar refractivity (Wildman–Crippen MR) is 77.8 cm³/mol. The number of carbonyl (C=O) groups is 1. The van der Waals surface area contributed by atoms with Crippen molar-refractivity contribution < 1.29 is 4.79 Å². The van der Waals surface area contributed by atoms with Gasteiger partial charge in [0.25, 0.3) is 5.91 Å². The van der Waals surface area contributed by atoms with Crippen molar-refractivity contribution in [3.63, 3.8) is 0 Å². The van der Waals surface area contributed by atoms with Crippen LogP contribution in [0.5, 0.6) is 0 Å². The van der Waals surface area contributed by atoms with E-state index in [1.54, 1.807) is 0 Å². The zero-order chi connectivity index (χ0) is 13.1. The molecule has 0 N–H and O–H groups in total. The molecule has 2 nitrogen and oxygen atoms in total. The average molecular weight is 310 g/mol. The van der Waals surface area contributed by atoms with Gasteiger partial charge in [-0.3, -0.25) is 4.79 Å². The van der Waals surface area contributed by atoms with Gasteiger partial charge in [-0.15, -0.1) is 0 Å². The van der Waals surface area contributed by atoms with E-state index in [0.717, 1.165) is 28.4 Å². The van der Waals surface area contributed by atoms with Crippen molar-refractivity contribution in [3.05, 3.63) is 33.8 Å². The standard InChI is InChI=1S/C15H20BrNO/c1-11-8-9-12(10-14(11)16)15(18)17(2)13-6-4-3-5-7-13/h8-10,13H,3-7H2,1-2H3. The zero-order valence-corrected chi connectivity index (χ0v) is 12.7. The number of halogens is 1. The van der Waals surface area contributed by atoms with Crippen molar-refractivity contribution in [2.75, 3.05) is 7.05 Å². The first-order valence-corrected chi connectivity index (χ1v) is 7.42. The van der Waals surface area contributed by atoms with E-state index in [9.17, 15) is 4.79 Å². The summed E-state index contributed by atoms with van der Waals surface area (Å²) in [5.74, 6) is 0.141. The molecule has 1 aliphatic carbocycles. The van der Waals surface area contributed by atoms with Crippen molar-refractivity contribution in [1.82, 2.24) is 4.90 Å². The first-order valence-electron chi connectivity index (χ1n) is 6.63. The Hall–Kier alpha value is -0.830. The Morgan fingerprint density at radius 2 is 1.94 bits per heavy atom. The van der Waals surface area contributed by atoms with Gasteiger partial charge in [0.2, 0.25) is 0 Å². The van der Waals surface area contributed by atoms with E-state index in [-0.39, 0.29) is 5.91 Å². The molecule has 98 valence electrons. The normalized spacial score (nSPS) is 16.6. The van der Waals surface area contributed by atoms with Gasteiger partial charge in [0.05, 0.1) is 0 Å². The van der Waals surface area contributed by atoms with Gasteiger partial charge in [0.1, 0.15) is 0 Å². The van der Waals surface area contributed by atoms with Crippen LogP contribution in [0.4, 0.5) is 0 Å². The first kappa shape index (κ1) is 13.6. The minimum absolute atomic E-state index is 0.141. The molecule has 18 heavy (non-hydrogen) atoms. The van der Waals surface area contributed by atoms with Gasteiger partial charge in [0.15, 0.2) is 0 Å². The maximum Gasteiger partial charge on any atom is 0.253 e. The van der Waals surface area contributed by atoms with E-state index < -0.39 is 0 Å². The van der Waals surface area contributed by atoms with E-state index >= 15 is 0 Å². The first-order chi connectivity index (χ1) is 8.59. The molecule has 1 aliphatic rings. The van der Waals surface area contributed by atoms with Gasteiger partial charge in [-0.2, -0.15) is 0 Å². The quantitative estimate of drug-likeness (QED) is 0.803. The predicted octanol–water partition coefficient (Wildman–Crippen LogP) is 4.16. The van der Waals surface area contributed by atoms with Crippen LogP contribution in [-0.4, -0.2) is 23.9 Å². The number of carbonyl (C=O) groups excluding carboxylic acids is 1. The van der Waals surface area contributed by atoms with Gasteiger partial charge in [-0.1, -0.05) is 41.3 Å². The second kappa shape index (κ2) is 5.87. The molecule has 0 atom stereocenters. The molecule has 1 amide bonds. The minimum atomic E-state index is 0.141. The van der Waals surface area contributed by atoms with Crippen LogP contribution in [0.25, 0.3) is 0 Å². The third kappa shape index (κ3) is 2.94. The highest BCUT2D eigenvalue weighted by atomic mass is 79.9. The second-order valence-electron chi connectivity index (χ2n) is 5.17. The molecule has 0 bridgehead atoms. The fraction of sp³-hybridized carbons (Fsp3) is 0.533. The molecule has 3 heteroatoms. The summed E-state index contributed by atoms with van der Waals surface area (Å²) in [7, 11) is 1.94. The SMILES string of the molecule is Cc1ccc(C(=O)N(C)C2CCCCC2)cc1Br. The van der Waals surface area contributed by atoms with Crippen molar-refractivity contribution in [2.24, 2.45) is 0 Å². The van der Waals surface area contributed by atoms with Gasteiger partial charge >= 0.3 is 0 Å². The Bertz CT molecular complexity index is 438.